The summed E-state index contributed by atoms with van der Waals surface area (Å²) in [4.78, 5) is 13.2. The van der Waals surface area contributed by atoms with Gasteiger partial charge in [-0.2, -0.15) is 0 Å². The Morgan fingerprint density at radius 3 is 2.75 bits per heavy atom. The van der Waals surface area contributed by atoms with Crippen molar-refractivity contribution in [3.63, 3.8) is 0 Å². The second-order valence-corrected chi connectivity index (χ2v) is 5.53. The second-order valence-electron chi connectivity index (χ2n) is 4.88. The number of hydrogen-bond acceptors (Lipinski definition) is 1. The third kappa shape index (κ3) is 2.04. The number of amides is 1. The van der Waals surface area contributed by atoms with Gasteiger partial charge in [0.05, 0.1) is 0 Å². The van der Waals surface area contributed by atoms with Crippen molar-refractivity contribution < 1.29 is 13.6 Å². The predicted molar refractivity (Wildman–Crippen MR) is 57.7 cm³/mol. The summed E-state index contributed by atoms with van der Waals surface area (Å²) in [5.41, 5.74) is 0. The topological polar surface area (TPSA) is 20.3 Å². The Hall–Kier alpha value is -0.380. The van der Waals surface area contributed by atoms with Crippen LogP contribution < -0.4 is 0 Å². The minimum Gasteiger partial charge on any atom is -0.341 e. The molecule has 16 heavy (non-hydrogen) atoms. The lowest BCUT2D eigenvalue weighted by molar-refractivity contribution is -0.130. The van der Waals surface area contributed by atoms with Gasteiger partial charge >= 0.3 is 0 Å². The highest BCUT2D eigenvalue weighted by Crippen LogP contribution is 2.45. The molecule has 2 rings (SSSR count). The number of halogens is 3. The molecule has 0 bridgehead atoms. The highest BCUT2D eigenvalue weighted by molar-refractivity contribution is 6.30. The fraction of sp³-hybridized carbons (Fsp3) is 0.909. The quantitative estimate of drug-likeness (QED) is 0.656. The summed E-state index contributed by atoms with van der Waals surface area (Å²) in [6.07, 6.45) is 1.33. The van der Waals surface area contributed by atoms with Gasteiger partial charge < -0.3 is 4.90 Å². The van der Waals surface area contributed by atoms with Gasteiger partial charge in [0.25, 0.3) is 5.92 Å². The summed E-state index contributed by atoms with van der Waals surface area (Å²) < 4.78 is 27.3. The van der Waals surface area contributed by atoms with E-state index in [4.69, 9.17) is 11.6 Å². The van der Waals surface area contributed by atoms with Crippen LogP contribution in [0.2, 0.25) is 0 Å². The Labute approximate surface area is 98.9 Å². The van der Waals surface area contributed by atoms with Gasteiger partial charge in [-0.25, -0.2) is 8.78 Å². The monoisotopic (exact) mass is 251 g/mol. The van der Waals surface area contributed by atoms with Crippen LogP contribution in [0.5, 0.6) is 0 Å². The lowest BCUT2D eigenvalue weighted by Crippen LogP contribution is -2.38. The number of likely N-dealkylation sites (tertiary alicyclic amines) is 1. The average Bonchev–Trinajstić information content (AvgIpc) is 2.61. The van der Waals surface area contributed by atoms with Crippen molar-refractivity contribution in [2.45, 2.75) is 37.5 Å². The van der Waals surface area contributed by atoms with E-state index < -0.39 is 17.2 Å². The minimum absolute atomic E-state index is 0.0351. The van der Waals surface area contributed by atoms with Crippen molar-refractivity contribution in [1.29, 1.82) is 0 Å². The number of alkyl halides is 3. The number of hydrogen-bond donors (Lipinski definition) is 0. The summed E-state index contributed by atoms with van der Waals surface area (Å²) in [5.74, 6) is -3.51. The van der Waals surface area contributed by atoms with Gasteiger partial charge in [0.1, 0.15) is 5.38 Å². The van der Waals surface area contributed by atoms with Crippen LogP contribution >= 0.6 is 11.6 Å². The first-order valence-corrected chi connectivity index (χ1v) is 6.16. The molecule has 0 aromatic rings. The van der Waals surface area contributed by atoms with Gasteiger partial charge in [-0.15, -0.1) is 11.6 Å². The molecule has 0 aromatic carbocycles. The molecule has 0 aromatic heterocycles. The first kappa shape index (κ1) is 12.1. The molecule has 0 N–H and O–H groups in total. The van der Waals surface area contributed by atoms with E-state index in [1.807, 2.05) is 0 Å². The van der Waals surface area contributed by atoms with E-state index in [-0.39, 0.29) is 24.8 Å². The van der Waals surface area contributed by atoms with Gasteiger partial charge in [-0.05, 0) is 25.7 Å². The Morgan fingerprint density at radius 2 is 2.19 bits per heavy atom. The number of rotatable bonds is 1. The van der Waals surface area contributed by atoms with Crippen LogP contribution in [0.25, 0.3) is 0 Å². The van der Waals surface area contributed by atoms with Gasteiger partial charge in [-0.3, -0.25) is 4.79 Å². The van der Waals surface area contributed by atoms with Crippen molar-refractivity contribution in [3.8, 4) is 0 Å². The standard InChI is InChI=1S/C11H16ClF2NO/c1-7(12)10(16)15-5-8-3-2-4-11(13,14)9(8)6-15/h7-9H,2-6H2,1H3/t7-,8+,9-/m0/s1. The molecule has 1 amide bonds. The highest BCUT2D eigenvalue weighted by Gasteiger charge is 2.51. The summed E-state index contributed by atoms with van der Waals surface area (Å²) in [7, 11) is 0. The van der Waals surface area contributed by atoms with Crippen molar-refractivity contribution in [1.82, 2.24) is 4.90 Å². The zero-order valence-electron chi connectivity index (χ0n) is 9.26. The maximum absolute atomic E-state index is 13.6. The zero-order valence-corrected chi connectivity index (χ0v) is 10.0. The van der Waals surface area contributed by atoms with Crippen LogP contribution in [0.1, 0.15) is 26.2 Å². The van der Waals surface area contributed by atoms with E-state index in [2.05, 4.69) is 0 Å². The molecule has 0 unspecified atom stereocenters. The molecule has 2 nitrogen and oxygen atoms in total. The predicted octanol–water partition coefficient (Wildman–Crippen LogP) is 2.51. The van der Waals surface area contributed by atoms with Crippen LogP contribution in [0, 0.1) is 11.8 Å². The molecule has 0 spiro atoms. The Morgan fingerprint density at radius 1 is 1.50 bits per heavy atom. The Bertz CT molecular complexity index is 296. The van der Waals surface area contributed by atoms with E-state index in [0.717, 1.165) is 6.42 Å². The molecule has 92 valence electrons. The van der Waals surface area contributed by atoms with E-state index >= 15 is 0 Å². The Balaban J connectivity index is 2.08. The number of fused-ring (bicyclic) bond motifs is 1. The van der Waals surface area contributed by atoms with Crippen molar-refractivity contribution in [2.24, 2.45) is 11.8 Å². The molecule has 1 aliphatic heterocycles. The van der Waals surface area contributed by atoms with Crippen molar-refractivity contribution >= 4 is 17.5 Å². The van der Waals surface area contributed by atoms with Crippen LogP contribution in [-0.2, 0) is 4.79 Å². The third-order valence-electron chi connectivity index (χ3n) is 3.72. The van der Waals surface area contributed by atoms with Crippen molar-refractivity contribution in [3.05, 3.63) is 0 Å². The fourth-order valence-corrected chi connectivity index (χ4v) is 3.00. The van der Waals surface area contributed by atoms with E-state index in [1.54, 1.807) is 6.92 Å². The molecule has 2 aliphatic rings. The fourth-order valence-electron chi connectivity index (χ4n) is 2.86. The third-order valence-corrected chi connectivity index (χ3v) is 3.91. The maximum atomic E-state index is 13.6. The van der Waals surface area contributed by atoms with Gasteiger partial charge in [-0.1, -0.05) is 0 Å². The first-order chi connectivity index (χ1) is 7.42. The van der Waals surface area contributed by atoms with Crippen LogP contribution in [0.3, 0.4) is 0 Å². The number of carbonyl (C=O) groups excluding carboxylic acids is 1. The molecule has 1 saturated heterocycles. The highest BCUT2D eigenvalue weighted by atomic mass is 35.5. The molecule has 2 fully saturated rings. The largest absolute Gasteiger partial charge is 0.341 e. The average molecular weight is 252 g/mol. The molecule has 1 saturated carbocycles. The first-order valence-electron chi connectivity index (χ1n) is 5.72. The van der Waals surface area contributed by atoms with E-state index in [9.17, 15) is 13.6 Å². The minimum atomic E-state index is -2.60. The lowest BCUT2D eigenvalue weighted by Gasteiger charge is -2.32. The summed E-state index contributed by atoms with van der Waals surface area (Å²) in [5, 5.41) is -0.617. The summed E-state index contributed by atoms with van der Waals surface area (Å²) >= 11 is 5.70. The maximum Gasteiger partial charge on any atom is 0.252 e. The summed E-state index contributed by atoms with van der Waals surface area (Å²) in [6, 6.07) is 0. The molecular weight excluding hydrogens is 236 g/mol. The number of nitrogens with zero attached hydrogens (tertiary/aromatic N) is 1. The van der Waals surface area contributed by atoms with Crippen molar-refractivity contribution in [2.75, 3.05) is 13.1 Å². The van der Waals surface area contributed by atoms with Gasteiger partial charge in [0.2, 0.25) is 5.91 Å². The van der Waals surface area contributed by atoms with Crippen LogP contribution in [0.15, 0.2) is 0 Å². The molecular formula is C11H16ClF2NO. The van der Waals surface area contributed by atoms with Crippen LogP contribution in [0.4, 0.5) is 8.78 Å². The lowest BCUT2D eigenvalue weighted by atomic mass is 9.79. The molecule has 1 aliphatic carbocycles. The second kappa shape index (κ2) is 4.13. The normalized spacial score (nSPS) is 34.6. The molecule has 5 heteroatoms. The van der Waals surface area contributed by atoms with Gasteiger partial charge in [0.15, 0.2) is 0 Å². The van der Waals surface area contributed by atoms with Crippen LogP contribution in [-0.4, -0.2) is 35.2 Å². The number of carbonyl (C=O) groups is 1. The van der Waals surface area contributed by atoms with E-state index in [0.29, 0.717) is 13.0 Å². The van der Waals surface area contributed by atoms with Gasteiger partial charge in [0, 0.05) is 25.4 Å². The molecule has 1 heterocycles. The zero-order chi connectivity index (χ0) is 11.9. The molecule has 3 atom stereocenters. The van der Waals surface area contributed by atoms with E-state index in [1.165, 1.54) is 4.90 Å². The summed E-state index contributed by atoms with van der Waals surface area (Å²) in [6.45, 7) is 2.22. The Kier molecular flexibility index (Phi) is 3.12. The molecule has 0 radical (unpaired) electrons. The smallest absolute Gasteiger partial charge is 0.252 e. The SMILES string of the molecule is C[C@H](Cl)C(=O)N1C[C@H]2CCCC(F)(F)[C@H]2C1.